The van der Waals surface area contributed by atoms with Crippen molar-refractivity contribution in [2.75, 3.05) is 0 Å². The number of hydrogen-bond donors (Lipinski definition) is 1. The molecule has 0 atom stereocenters. The van der Waals surface area contributed by atoms with Gasteiger partial charge in [0.05, 0.1) is 5.52 Å². The van der Waals surface area contributed by atoms with Gasteiger partial charge in [0.15, 0.2) is 0 Å². The molecule has 0 spiro atoms. The van der Waals surface area contributed by atoms with E-state index in [0.29, 0.717) is 0 Å². The van der Waals surface area contributed by atoms with Crippen molar-refractivity contribution in [3.05, 3.63) is 121 Å². The van der Waals surface area contributed by atoms with Crippen LogP contribution in [-0.2, 0) is 0 Å². The van der Waals surface area contributed by atoms with Crippen molar-refractivity contribution in [2.24, 2.45) is 0 Å². The van der Waals surface area contributed by atoms with Crippen molar-refractivity contribution in [2.45, 2.75) is 0 Å². The lowest BCUT2D eigenvalue weighted by atomic mass is 10.00. The molecule has 0 amide bonds. The number of aromatic nitrogens is 1. The average molecular weight is 398 g/mol. The first-order valence-electron chi connectivity index (χ1n) is 10.4. The van der Waals surface area contributed by atoms with Gasteiger partial charge in [-0.1, -0.05) is 104 Å². The smallest absolute Gasteiger partial charge is 0.0538 e. The molecule has 0 radical (unpaired) electrons. The van der Waals surface area contributed by atoms with Gasteiger partial charge in [-0.25, -0.2) is 0 Å². The van der Waals surface area contributed by atoms with Gasteiger partial charge in [-0.15, -0.1) is 0 Å². The molecule has 6 rings (SSSR count). The molecule has 6 aromatic rings. The van der Waals surface area contributed by atoms with Gasteiger partial charge in [0, 0.05) is 16.3 Å². The molecule has 0 unspecified atom stereocenters. The Kier molecular flexibility index (Phi) is 4.86. The van der Waals surface area contributed by atoms with Crippen LogP contribution in [0.3, 0.4) is 0 Å². The molecule has 31 heavy (non-hydrogen) atoms. The third-order valence-corrected chi connectivity index (χ3v) is 5.79. The summed E-state index contributed by atoms with van der Waals surface area (Å²) in [5.41, 5.74) is 4.71. The molecular formula is C30H23N. The van der Waals surface area contributed by atoms with E-state index in [9.17, 15) is 0 Å². The number of hydrogen-bond acceptors (Lipinski definition) is 0. The fourth-order valence-electron chi connectivity index (χ4n) is 4.23. The number of aromatic amines is 1. The SMILES string of the molecule is C=Cc1cccc2c1[nH]c1ccccc12.C=Cc1cccc2cc3ccccc3cc12. The second kappa shape index (κ2) is 7.97. The Labute approximate surface area is 182 Å². The largest absolute Gasteiger partial charge is 0.354 e. The highest BCUT2D eigenvalue weighted by Crippen LogP contribution is 2.28. The summed E-state index contributed by atoms with van der Waals surface area (Å²) in [5, 5.41) is 7.66. The predicted octanol–water partition coefficient (Wildman–Crippen LogP) is 8.60. The van der Waals surface area contributed by atoms with Gasteiger partial charge in [-0.3, -0.25) is 0 Å². The Morgan fingerprint density at radius 1 is 0.516 bits per heavy atom. The second-order valence-corrected chi connectivity index (χ2v) is 7.62. The molecule has 0 aliphatic rings. The molecule has 5 aromatic carbocycles. The minimum absolute atomic E-state index is 1.16. The minimum Gasteiger partial charge on any atom is -0.354 e. The molecule has 0 fully saturated rings. The van der Waals surface area contributed by atoms with Gasteiger partial charge in [0.1, 0.15) is 0 Å². The summed E-state index contributed by atoms with van der Waals surface area (Å²) < 4.78 is 0. The number of benzene rings is 5. The summed E-state index contributed by atoms with van der Waals surface area (Å²) in [5.74, 6) is 0. The molecule has 0 saturated carbocycles. The number of fused-ring (bicyclic) bond motifs is 5. The maximum Gasteiger partial charge on any atom is 0.0538 e. The Morgan fingerprint density at radius 3 is 1.94 bits per heavy atom. The minimum atomic E-state index is 1.16. The van der Waals surface area contributed by atoms with Gasteiger partial charge in [-0.2, -0.15) is 0 Å². The topological polar surface area (TPSA) is 15.8 Å². The monoisotopic (exact) mass is 397 g/mol. The van der Waals surface area contributed by atoms with Gasteiger partial charge in [0.2, 0.25) is 0 Å². The summed E-state index contributed by atoms with van der Waals surface area (Å²) in [6.45, 7) is 7.69. The van der Waals surface area contributed by atoms with Crippen LogP contribution >= 0.6 is 0 Å². The van der Waals surface area contributed by atoms with Crippen molar-refractivity contribution >= 4 is 55.5 Å². The highest BCUT2D eigenvalue weighted by Gasteiger charge is 2.04. The van der Waals surface area contributed by atoms with Crippen molar-refractivity contribution in [3.8, 4) is 0 Å². The van der Waals surface area contributed by atoms with Crippen LogP contribution < -0.4 is 0 Å². The zero-order chi connectivity index (χ0) is 21.2. The summed E-state index contributed by atoms with van der Waals surface area (Å²) in [6, 6.07) is 33.9. The summed E-state index contributed by atoms with van der Waals surface area (Å²) in [7, 11) is 0. The van der Waals surface area contributed by atoms with Crippen LogP contribution in [0.5, 0.6) is 0 Å². The van der Waals surface area contributed by atoms with Crippen LogP contribution in [0.1, 0.15) is 11.1 Å². The van der Waals surface area contributed by atoms with Gasteiger partial charge in [-0.05, 0) is 50.9 Å². The maximum absolute atomic E-state index is 3.86. The molecule has 1 nitrogen and oxygen atoms in total. The van der Waals surface area contributed by atoms with E-state index >= 15 is 0 Å². The van der Waals surface area contributed by atoms with Crippen molar-refractivity contribution in [1.29, 1.82) is 0 Å². The fourth-order valence-corrected chi connectivity index (χ4v) is 4.23. The van der Waals surface area contributed by atoms with E-state index in [2.05, 4.69) is 109 Å². The second-order valence-electron chi connectivity index (χ2n) is 7.62. The molecule has 1 heteroatoms. The van der Waals surface area contributed by atoms with Crippen molar-refractivity contribution in [3.63, 3.8) is 0 Å². The van der Waals surface area contributed by atoms with E-state index in [1.807, 2.05) is 18.2 Å². The summed E-state index contributed by atoms with van der Waals surface area (Å²) in [6.07, 6.45) is 3.80. The lowest BCUT2D eigenvalue weighted by molar-refractivity contribution is 1.53. The highest BCUT2D eigenvalue weighted by molar-refractivity contribution is 6.09. The van der Waals surface area contributed by atoms with E-state index in [1.54, 1.807) is 0 Å². The zero-order valence-electron chi connectivity index (χ0n) is 17.3. The van der Waals surface area contributed by atoms with E-state index in [4.69, 9.17) is 0 Å². The Bertz CT molecular complexity index is 1570. The number of rotatable bonds is 2. The van der Waals surface area contributed by atoms with E-state index in [1.165, 1.54) is 48.9 Å². The number of nitrogens with one attached hydrogen (secondary N) is 1. The first kappa shape index (κ1) is 18.9. The molecule has 1 aromatic heterocycles. The van der Waals surface area contributed by atoms with E-state index in [-0.39, 0.29) is 0 Å². The van der Waals surface area contributed by atoms with Crippen molar-refractivity contribution in [1.82, 2.24) is 4.98 Å². The quantitative estimate of drug-likeness (QED) is 0.282. The van der Waals surface area contributed by atoms with Gasteiger partial charge >= 0.3 is 0 Å². The van der Waals surface area contributed by atoms with E-state index < -0.39 is 0 Å². The van der Waals surface area contributed by atoms with E-state index in [0.717, 1.165) is 5.56 Å². The van der Waals surface area contributed by atoms with Crippen LogP contribution in [0.25, 0.3) is 55.5 Å². The zero-order valence-corrected chi connectivity index (χ0v) is 17.3. The Balaban J connectivity index is 0.000000132. The summed E-state index contributed by atoms with van der Waals surface area (Å²) in [4.78, 5) is 3.43. The molecular weight excluding hydrogens is 374 g/mol. The molecule has 0 aliphatic heterocycles. The maximum atomic E-state index is 3.86. The van der Waals surface area contributed by atoms with Crippen LogP contribution in [0.2, 0.25) is 0 Å². The molecule has 1 N–H and O–H groups in total. The van der Waals surface area contributed by atoms with Gasteiger partial charge in [0.25, 0.3) is 0 Å². The summed E-state index contributed by atoms with van der Waals surface area (Å²) >= 11 is 0. The fraction of sp³-hybridized carbons (Fsp3) is 0. The molecule has 0 bridgehead atoms. The highest BCUT2D eigenvalue weighted by atomic mass is 14.7. The average Bonchev–Trinajstić information content (AvgIpc) is 3.21. The molecule has 0 aliphatic carbocycles. The Morgan fingerprint density at radius 2 is 1.13 bits per heavy atom. The van der Waals surface area contributed by atoms with Crippen LogP contribution in [0, 0.1) is 0 Å². The third-order valence-electron chi connectivity index (χ3n) is 5.79. The first-order chi connectivity index (χ1) is 15.3. The Hall–Kier alpha value is -4.10. The normalized spacial score (nSPS) is 10.8. The van der Waals surface area contributed by atoms with Gasteiger partial charge < -0.3 is 4.98 Å². The lowest BCUT2D eigenvalue weighted by Gasteiger charge is -2.04. The molecule has 1 heterocycles. The third kappa shape index (κ3) is 3.41. The standard InChI is InChI=1S/C16H12.C14H11N/c1-2-12-8-5-9-15-10-13-6-3-4-7-14(13)11-16(12)15;1-2-10-6-5-8-12-11-7-3-4-9-13(11)15-14(10)12/h2-11H,1H2;2-9,15H,1H2. The van der Waals surface area contributed by atoms with Crippen molar-refractivity contribution < 1.29 is 0 Å². The molecule has 0 saturated heterocycles. The lowest BCUT2D eigenvalue weighted by Crippen LogP contribution is -1.79. The molecule has 148 valence electrons. The van der Waals surface area contributed by atoms with Crippen LogP contribution in [0.15, 0.2) is 110 Å². The number of para-hydroxylation sites is 2. The number of H-pyrrole nitrogens is 1. The van der Waals surface area contributed by atoms with Crippen LogP contribution in [-0.4, -0.2) is 4.98 Å². The predicted molar refractivity (Wildman–Crippen MR) is 137 cm³/mol. The van der Waals surface area contributed by atoms with Crippen LogP contribution in [0.4, 0.5) is 0 Å². The first-order valence-corrected chi connectivity index (χ1v) is 10.4.